The zero-order chi connectivity index (χ0) is 20.9. The number of amides is 1. The van der Waals surface area contributed by atoms with Gasteiger partial charge in [-0.2, -0.15) is 13.2 Å². The van der Waals surface area contributed by atoms with E-state index in [0.717, 1.165) is 12.6 Å². The minimum atomic E-state index is -4.63. The zero-order valence-electron chi connectivity index (χ0n) is 15.7. The molecule has 7 nitrogen and oxygen atoms in total. The molecule has 0 radical (unpaired) electrons. The summed E-state index contributed by atoms with van der Waals surface area (Å²) in [5, 5.41) is 2.54. The molecule has 1 amide bonds. The molecule has 0 spiro atoms. The number of rotatable bonds is 7. The molecule has 0 fully saturated rings. The number of hydrogen-bond acceptors (Lipinski definition) is 5. The Hall–Kier alpha value is -2.91. The van der Waals surface area contributed by atoms with Gasteiger partial charge in [0.1, 0.15) is 6.54 Å². The monoisotopic (exact) mass is 402 g/mol. The highest BCUT2D eigenvalue weighted by Crippen LogP contribution is 2.35. The Kier molecular flexibility index (Phi) is 6.76. The number of pyridine rings is 1. The SMILES string of the molecule is CCCCNC(=O)Oc1cn(CC(F)(F)F)c(=O)c2cc(OC)c(OC)cc12. The maximum atomic E-state index is 12.9. The third-order valence-electron chi connectivity index (χ3n) is 3.91. The summed E-state index contributed by atoms with van der Waals surface area (Å²) in [6.45, 7) is 0.768. The van der Waals surface area contributed by atoms with Crippen LogP contribution in [0.3, 0.4) is 0 Å². The molecule has 2 rings (SSSR count). The van der Waals surface area contributed by atoms with Crippen molar-refractivity contribution in [2.45, 2.75) is 32.5 Å². The average Bonchev–Trinajstić information content (AvgIpc) is 2.63. The van der Waals surface area contributed by atoms with Crippen molar-refractivity contribution in [1.82, 2.24) is 9.88 Å². The Morgan fingerprint density at radius 1 is 1.11 bits per heavy atom. The predicted molar refractivity (Wildman–Crippen MR) is 96.3 cm³/mol. The van der Waals surface area contributed by atoms with Gasteiger partial charge in [0.05, 0.1) is 25.8 Å². The van der Waals surface area contributed by atoms with Gasteiger partial charge in [-0.15, -0.1) is 0 Å². The van der Waals surface area contributed by atoms with Crippen LogP contribution in [0.2, 0.25) is 0 Å². The number of carbonyl (C=O) groups is 1. The second-order valence-corrected chi connectivity index (χ2v) is 5.96. The van der Waals surface area contributed by atoms with Gasteiger partial charge in [0.25, 0.3) is 5.56 Å². The Bertz CT molecular complexity index is 909. The molecule has 28 heavy (non-hydrogen) atoms. The van der Waals surface area contributed by atoms with Gasteiger partial charge in [0, 0.05) is 11.9 Å². The van der Waals surface area contributed by atoms with Crippen LogP contribution in [0.15, 0.2) is 23.1 Å². The summed E-state index contributed by atoms with van der Waals surface area (Å²) in [6, 6.07) is 2.63. The molecule has 154 valence electrons. The first-order chi connectivity index (χ1) is 13.2. The van der Waals surface area contributed by atoms with Gasteiger partial charge >= 0.3 is 12.3 Å². The molecule has 0 saturated heterocycles. The summed E-state index contributed by atoms with van der Waals surface area (Å²) in [5.41, 5.74) is -0.896. The number of nitrogens with one attached hydrogen (secondary N) is 1. The summed E-state index contributed by atoms with van der Waals surface area (Å²) in [5.74, 6) is 0.197. The van der Waals surface area contributed by atoms with Gasteiger partial charge in [-0.25, -0.2) is 4.79 Å². The molecular weight excluding hydrogens is 381 g/mol. The maximum absolute atomic E-state index is 12.9. The van der Waals surface area contributed by atoms with Gasteiger partial charge in [0.15, 0.2) is 17.2 Å². The summed E-state index contributed by atoms with van der Waals surface area (Å²) >= 11 is 0. The van der Waals surface area contributed by atoms with Crippen LogP contribution in [-0.4, -0.2) is 37.6 Å². The van der Waals surface area contributed by atoms with E-state index in [4.69, 9.17) is 14.2 Å². The Balaban J connectivity index is 2.59. The van der Waals surface area contributed by atoms with Gasteiger partial charge in [-0.1, -0.05) is 13.3 Å². The van der Waals surface area contributed by atoms with Crippen LogP contribution >= 0.6 is 0 Å². The third-order valence-corrected chi connectivity index (χ3v) is 3.91. The lowest BCUT2D eigenvalue weighted by atomic mass is 10.1. The van der Waals surface area contributed by atoms with E-state index in [1.165, 1.54) is 26.4 Å². The highest BCUT2D eigenvalue weighted by molar-refractivity contribution is 5.92. The summed E-state index contributed by atoms with van der Waals surface area (Å²) in [7, 11) is 2.70. The quantitative estimate of drug-likeness (QED) is 0.718. The largest absolute Gasteiger partial charge is 0.493 e. The normalized spacial score (nSPS) is 11.4. The number of methoxy groups -OCH3 is 2. The van der Waals surface area contributed by atoms with E-state index >= 15 is 0 Å². The van der Waals surface area contributed by atoms with Crippen molar-refractivity contribution in [2.75, 3.05) is 20.8 Å². The molecule has 0 atom stereocenters. The van der Waals surface area contributed by atoms with Gasteiger partial charge in [0.2, 0.25) is 0 Å². The highest BCUT2D eigenvalue weighted by atomic mass is 19.4. The van der Waals surface area contributed by atoms with E-state index in [0.29, 0.717) is 17.5 Å². The number of fused-ring (bicyclic) bond motifs is 1. The van der Waals surface area contributed by atoms with Crippen molar-refractivity contribution in [1.29, 1.82) is 0 Å². The first kappa shape index (κ1) is 21.4. The van der Waals surface area contributed by atoms with Crippen molar-refractivity contribution < 1.29 is 32.2 Å². The van der Waals surface area contributed by atoms with Gasteiger partial charge in [-0.05, 0) is 18.6 Å². The molecule has 0 bridgehead atoms. The van der Waals surface area contributed by atoms with Crippen molar-refractivity contribution in [3.8, 4) is 17.2 Å². The van der Waals surface area contributed by atoms with Gasteiger partial charge < -0.3 is 24.1 Å². The van der Waals surface area contributed by atoms with Crippen LogP contribution in [0.25, 0.3) is 10.8 Å². The van der Waals surface area contributed by atoms with Crippen molar-refractivity contribution in [2.24, 2.45) is 0 Å². The lowest BCUT2D eigenvalue weighted by Gasteiger charge is -2.16. The fraction of sp³-hybridized carbons (Fsp3) is 0.444. The molecule has 0 aliphatic heterocycles. The number of carbonyl (C=O) groups excluding carboxylic acids is 1. The Morgan fingerprint density at radius 3 is 2.25 bits per heavy atom. The molecule has 2 aromatic rings. The Morgan fingerprint density at radius 2 is 1.71 bits per heavy atom. The number of unbranched alkanes of at least 4 members (excludes halogenated alkanes) is 1. The van der Waals surface area contributed by atoms with E-state index < -0.39 is 24.4 Å². The molecule has 0 aliphatic rings. The van der Waals surface area contributed by atoms with Crippen LogP contribution in [0, 0.1) is 0 Å². The summed E-state index contributed by atoms with van der Waals surface area (Å²) in [4.78, 5) is 24.5. The van der Waals surface area contributed by atoms with E-state index in [9.17, 15) is 22.8 Å². The lowest BCUT2D eigenvalue weighted by Crippen LogP contribution is -2.30. The standard InChI is InChI=1S/C18H21F3N2O5/c1-4-5-6-22-17(25)28-15-9-23(10-18(19,20)21)16(24)12-8-14(27-3)13(26-2)7-11(12)15/h7-9H,4-6,10H2,1-3H3,(H,22,25). The fourth-order valence-electron chi connectivity index (χ4n) is 2.58. The van der Waals surface area contributed by atoms with Crippen LogP contribution in [0.1, 0.15) is 19.8 Å². The number of halogens is 3. The fourth-order valence-corrected chi connectivity index (χ4v) is 2.58. The first-order valence-electron chi connectivity index (χ1n) is 8.51. The molecule has 1 heterocycles. The smallest absolute Gasteiger partial charge is 0.412 e. The summed E-state index contributed by atoms with van der Waals surface area (Å²) in [6.07, 6.45) is -3.04. The summed E-state index contributed by atoms with van der Waals surface area (Å²) < 4.78 is 54.5. The minimum Gasteiger partial charge on any atom is -0.493 e. The first-order valence-corrected chi connectivity index (χ1v) is 8.51. The van der Waals surface area contributed by atoms with Crippen LogP contribution < -0.4 is 25.1 Å². The Labute approximate surface area is 159 Å². The number of hydrogen-bond donors (Lipinski definition) is 1. The minimum absolute atomic E-state index is 0.0965. The molecule has 1 aromatic carbocycles. The van der Waals surface area contributed by atoms with Crippen LogP contribution in [0.4, 0.5) is 18.0 Å². The van der Waals surface area contributed by atoms with Crippen molar-refractivity contribution >= 4 is 16.9 Å². The number of benzene rings is 1. The molecule has 0 aliphatic carbocycles. The second-order valence-electron chi connectivity index (χ2n) is 5.96. The van der Waals surface area contributed by atoms with Crippen molar-refractivity contribution in [3.63, 3.8) is 0 Å². The maximum Gasteiger partial charge on any atom is 0.412 e. The van der Waals surface area contributed by atoms with Gasteiger partial charge in [-0.3, -0.25) is 4.79 Å². The van der Waals surface area contributed by atoms with Crippen molar-refractivity contribution in [3.05, 3.63) is 28.7 Å². The number of ether oxygens (including phenoxy) is 3. The predicted octanol–water partition coefficient (Wildman–Crippen LogP) is 3.47. The number of aromatic nitrogens is 1. The lowest BCUT2D eigenvalue weighted by molar-refractivity contribution is -0.141. The van der Waals surface area contributed by atoms with Crippen LogP contribution in [-0.2, 0) is 6.54 Å². The number of alkyl halides is 3. The zero-order valence-corrected chi connectivity index (χ0v) is 15.7. The van der Waals surface area contributed by atoms with E-state index in [1.54, 1.807) is 0 Å². The topological polar surface area (TPSA) is 78.8 Å². The van der Waals surface area contributed by atoms with E-state index in [-0.39, 0.29) is 28.0 Å². The highest BCUT2D eigenvalue weighted by Gasteiger charge is 2.29. The van der Waals surface area contributed by atoms with E-state index in [2.05, 4.69) is 5.32 Å². The van der Waals surface area contributed by atoms with Crippen LogP contribution in [0.5, 0.6) is 17.2 Å². The molecule has 1 aromatic heterocycles. The third kappa shape index (κ3) is 5.08. The molecule has 0 saturated carbocycles. The molecule has 0 unspecified atom stereocenters. The average molecular weight is 402 g/mol. The molecular formula is C18H21F3N2O5. The molecule has 10 heteroatoms. The number of nitrogens with zero attached hydrogens (tertiary/aromatic N) is 1. The van der Waals surface area contributed by atoms with E-state index in [1.807, 2.05) is 6.92 Å². The molecule has 1 N–H and O–H groups in total. The second kappa shape index (κ2) is 8.85.